The molecular formula is C33H54F2. The predicted octanol–water partition coefficient (Wildman–Crippen LogP) is 11.6. The fourth-order valence-corrected chi connectivity index (χ4v) is 2.92. The third-order valence-electron chi connectivity index (χ3n) is 3.87. The van der Waals surface area contributed by atoms with Crippen LogP contribution in [0.25, 0.3) is 0 Å². The molecule has 0 spiro atoms. The molecule has 3 aromatic rings. The molecule has 0 unspecified atom stereocenters. The van der Waals surface area contributed by atoms with Crippen molar-refractivity contribution in [2.45, 2.75) is 104 Å². The largest absolute Gasteiger partial charge is 0.207 e. The number of rotatable bonds is 0. The molecule has 0 saturated heterocycles. The van der Waals surface area contributed by atoms with Crippen molar-refractivity contribution in [3.8, 4) is 0 Å². The van der Waals surface area contributed by atoms with Crippen LogP contribution in [0.4, 0.5) is 8.78 Å². The summed E-state index contributed by atoms with van der Waals surface area (Å²) in [6.45, 7) is 29.9. The first kappa shape index (κ1) is 39.7. The smallest absolute Gasteiger partial charge is 0.126 e. The third-order valence-corrected chi connectivity index (χ3v) is 3.87. The molecule has 0 fully saturated rings. The first-order valence-electron chi connectivity index (χ1n) is 13.1. The average molecular weight is 489 g/mol. The zero-order valence-corrected chi connectivity index (χ0v) is 25.5. The molecule has 200 valence electrons. The predicted molar refractivity (Wildman–Crippen MR) is 158 cm³/mol. The summed E-state index contributed by atoms with van der Waals surface area (Å²) in [6.07, 6.45) is 0. The Morgan fingerprint density at radius 3 is 0.886 bits per heavy atom. The van der Waals surface area contributed by atoms with Gasteiger partial charge in [0.15, 0.2) is 0 Å². The van der Waals surface area contributed by atoms with E-state index in [0.29, 0.717) is 0 Å². The molecule has 0 amide bonds. The maximum absolute atomic E-state index is 12.5. The Morgan fingerprint density at radius 2 is 0.657 bits per heavy atom. The highest BCUT2D eigenvalue weighted by Crippen LogP contribution is 2.08. The summed E-state index contributed by atoms with van der Waals surface area (Å²) in [6, 6.07) is 16.6. The van der Waals surface area contributed by atoms with E-state index in [4.69, 9.17) is 0 Å². The monoisotopic (exact) mass is 488 g/mol. The standard InChI is InChI=1S/C9H12.2C8H9F.4C2H6/c1-7-4-8(2)6-9(3)5-7;1-6-3-7(2)5-8(9)4-6;1-6-3-4-8(9)7(2)5-6;4*1-2/h4-6H,1-3H3;2*3-5H,1-2H3;4*1-2H3. The lowest BCUT2D eigenvalue weighted by Crippen LogP contribution is -1.81. The second-order valence-electron chi connectivity index (χ2n) is 7.22. The molecule has 3 rings (SSSR count). The molecule has 0 aliphatic carbocycles. The molecule has 2 heteroatoms. The molecule has 0 nitrogen and oxygen atoms in total. The van der Waals surface area contributed by atoms with Crippen LogP contribution in [-0.2, 0) is 0 Å². The number of hydrogen-bond donors (Lipinski definition) is 0. The summed E-state index contributed by atoms with van der Waals surface area (Å²) < 4.78 is 24.9. The molecule has 0 bridgehead atoms. The van der Waals surface area contributed by atoms with Gasteiger partial charge in [-0.05, 0) is 83.4 Å². The lowest BCUT2D eigenvalue weighted by atomic mass is 10.1. The quantitative estimate of drug-likeness (QED) is 0.295. The van der Waals surface area contributed by atoms with Crippen LogP contribution in [0.3, 0.4) is 0 Å². The summed E-state index contributed by atoms with van der Waals surface area (Å²) in [5.74, 6) is -0.270. The highest BCUT2D eigenvalue weighted by atomic mass is 19.1. The van der Waals surface area contributed by atoms with Crippen molar-refractivity contribution in [1.82, 2.24) is 0 Å². The fraction of sp³-hybridized carbons (Fsp3) is 0.455. The number of benzene rings is 3. The summed E-state index contributed by atoms with van der Waals surface area (Å²) in [4.78, 5) is 0. The maximum atomic E-state index is 12.5. The van der Waals surface area contributed by atoms with Crippen LogP contribution in [0.2, 0.25) is 0 Å². The van der Waals surface area contributed by atoms with Crippen molar-refractivity contribution in [3.63, 3.8) is 0 Å². The van der Waals surface area contributed by atoms with E-state index in [1.807, 2.05) is 88.3 Å². The van der Waals surface area contributed by atoms with Gasteiger partial charge in [0.05, 0.1) is 0 Å². The third kappa shape index (κ3) is 23.1. The van der Waals surface area contributed by atoms with Crippen LogP contribution in [0.5, 0.6) is 0 Å². The van der Waals surface area contributed by atoms with Crippen molar-refractivity contribution in [3.05, 3.63) is 105 Å². The number of halogens is 2. The number of aryl methyl sites for hydroxylation is 7. The van der Waals surface area contributed by atoms with Gasteiger partial charge in [0.2, 0.25) is 0 Å². The number of hydrogen-bond acceptors (Lipinski definition) is 0. The summed E-state index contributed by atoms with van der Waals surface area (Å²) in [5, 5.41) is 0. The van der Waals surface area contributed by atoms with E-state index in [1.54, 1.807) is 13.0 Å². The van der Waals surface area contributed by atoms with Crippen LogP contribution in [-0.4, -0.2) is 0 Å². The van der Waals surface area contributed by atoms with Gasteiger partial charge in [0.1, 0.15) is 11.6 Å². The molecule has 0 heterocycles. The van der Waals surface area contributed by atoms with E-state index >= 15 is 0 Å². The van der Waals surface area contributed by atoms with Crippen LogP contribution >= 0.6 is 0 Å². The van der Waals surface area contributed by atoms with Crippen LogP contribution in [0.1, 0.15) is 94.3 Å². The highest BCUT2D eigenvalue weighted by molar-refractivity contribution is 5.27. The normalized spacial score (nSPS) is 8.14. The van der Waals surface area contributed by atoms with E-state index in [0.717, 1.165) is 22.3 Å². The molecule has 0 aliphatic heterocycles. The molecule has 3 aromatic carbocycles. The topological polar surface area (TPSA) is 0 Å². The molecule has 0 N–H and O–H groups in total. The first-order chi connectivity index (χ1) is 16.6. The second kappa shape index (κ2) is 26.1. The summed E-state index contributed by atoms with van der Waals surface area (Å²) in [7, 11) is 0. The Hall–Kier alpha value is -2.48. The van der Waals surface area contributed by atoms with Crippen molar-refractivity contribution < 1.29 is 8.78 Å². The highest BCUT2D eigenvalue weighted by Gasteiger charge is 1.93. The van der Waals surface area contributed by atoms with Crippen molar-refractivity contribution in [2.24, 2.45) is 0 Å². The zero-order chi connectivity index (χ0) is 28.6. The van der Waals surface area contributed by atoms with Gasteiger partial charge in [0, 0.05) is 0 Å². The zero-order valence-electron chi connectivity index (χ0n) is 25.5. The van der Waals surface area contributed by atoms with Gasteiger partial charge in [-0.2, -0.15) is 0 Å². The van der Waals surface area contributed by atoms with Crippen LogP contribution in [0.15, 0.2) is 54.6 Å². The maximum Gasteiger partial charge on any atom is 0.126 e. The van der Waals surface area contributed by atoms with Gasteiger partial charge < -0.3 is 0 Å². The Kier molecular flexibility index (Phi) is 29.7. The fourth-order valence-electron chi connectivity index (χ4n) is 2.92. The van der Waals surface area contributed by atoms with E-state index in [2.05, 4.69) is 39.0 Å². The second-order valence-corrected chi connectivity index (χ2v) is 7.22. The van der Waals surface area contributed by atoms with Crippen LogP contribution < -0.4 is 0 Å². The molecule has 0 aromatic heterocycles. The minimum absolute atomic E-state index is 0.124. The molecule has 0 atom stereocenters. The first-order valence-corrected chi connectivity index (χ1v) is 13.1. The minimum atomic E-state index is -0.146. The van der Waals surface area contributed by atoms with Gasteiger partial charge in [-0.3, -0.25) is 0 Å². The molecule has 0 saturated carbocycles. The average Bonchev–Trinajstić information content (AvgIpc) is 2.81. The van der Waals surface area contributed by atoms with E-state index < -0.39 is 0 Å². The van der Waals surface area contributed by atoms with E-state index in [9.17, 15) is 8.78 Å². The molecule has 35 heavy (non-hydrogen) atoms. The summed E-state index contributed by atoms with van der Waals surface area (Å²) in [5.41, 5.74) is 7.84. The SMILES string of the molecule is CC.CC.CC.CC.Cc1cc(C)cc(C)c1.Cc1cc(C)cc(F)c1.Cc1ccc(F)c(C)c1. The van der Waals surface area contributed by atoms with Crippen molar-refractivity contribution in [1.29, 1.82) is 0 Å². The molecule has 0 radical (unpaired) electrons. The van der Waals surface area contributed by atoms with Gasteiger partial charge in [-0.15, -0.1) is 0 Å². The van der Waals surface area contributed by atoms with E-state index in [1.165, 1.54) is 34.9 Å². The summed E-state index contributed by atoms with van der Waals surface area (Å²) >= 11 is 0. The van der Waals surface area contributed by atoms with Crippen molar-refractivity contribution in [2.75, 3.05) is 0 Å². The van der Waals surface area contributed by atoms with Gasteiger partial charge in [-0.1, -0.05) is 114 Å². The van der Waals surface area contributed by atoms with Gasteiger partial charge >= 0.3 is 0 Å². The van der Waals surface area contributed by atoms with Gasteiger partial charge in [-0.25, -0.2) is 8.78 Å². The van der Waals surface area contributed by atoms with Gasteiger partial charge in [0.25, 0.3) is 0 Å². The Bertz CT molecular complexity index is 730. The minimum Gasteiger partial charge on any atom is -0.207 e. The molecular weight excluding hydrogens is 434 g/mol. The Morgan fingerprint density at radius 1 is 0.371 bits per heavy atom. The lowest BCUT2D eigenvalue weighted by Gasteiger charge is -1.96. The molecule has 0 aliphatic rings. The Balaban J connectivity index is -0.000000180. The van der Waals surface area contributed by atoms with E-state index in [-0.39, 0.29) is 11.6 Å². The lowest BCUT2D eigenvalue weighted by molar-refractivity contribution is 0.618. The van der Waals surface area contributed by atoms with Crippen molar-refractivity contribution >= 4 is 0 Å². The Labute approximate surface area is 217 Å². The van der Waals surface area contributed by atoms with Crippen LogP contribution in [0, 0.1) is 60.1 Å².